The van der Waals surface area contributed by atoms with Gasteiger partial charge in [-0.2, -0.15) is 0 Å². The number of esters is 4. The molecule has 91 heavy (non-hydrogen) atoms. The second kappa shape index (κ2) is 40.9. The first kappa shape index (κ1) is 75.8. The molecule has 0 aliphatic carbocycles. The van der Waals surface area contributed by atoms with E-state index in [2.05, 4.69) is 41.5 Å². The first-order valence-corrected chi connectivity index (χ1v) is 38.6. The highest BCUT2D eigenvalue weighted by Gasteiger charge is 2.45. The summed E-state index contributed by atoms with van der Waals surface area (Å²) in [6.07, 6.45) is 32.3. The van der Waals surface area contributed by atoms with E-state index >= 15 is 0 Å². The molecule has 0 saturated carbocycles. The van der Waals surface area contributed by atoms with Crippen LogP contribution in [0.4, 0.5) is 0 Å². The molecule has 6 heterocycles. The summed E-state index contributed by atoms with van der Waals surface area (Å²) in [5.74, 6) is 1.63. The van der Waals surface area contributed by atoms with Crippen molar-refractivity contribution in [2.75, 3.05) is 66.1 Å². The number of thiophene rings is 3. The summed E-state index contributed by atoms with van der Waals surface area (Å²) in [4.78, 5) is 61.3. The largest absolute Gasteiger partial charge is 0.488 e. The van der Waals surface area contributed by atoms with Crippen molar-refractivity contribution in [3.8, 4) is 54.0 Å². The Hall–Kier alpha value is -4.22. The summed E-state index contributed by atoms with van der Waals surface area (Å²) in [6, 6.07) is 0. The Morgan fingerprint density at radius 2 is 0.582 bits per heavy atom. The molecular formula is C74H118O14S3. The van der Waals surface area contributed by atoms with E-state index in [1.165, 1.54) is 62.7 Å². The normalized spacial score (nSPS) is 18.2. The Balaban J connectivity index is 1.31. The fourth-order valence-electron chi connectivity index (χ4n) is 12.5. The van der Waals surface area contributed by atoms with Crippen LogP contribution in [0.25, 0.3) is 19.5 Å². The van der Waals surface area contributed by atoms with Crippen LogP contribution in [-0.2, 0) is 38.1 Å². The van der Waals surface area contributed by atoms with Gasteiger partial charge in [0, 0.05) is 9.75 Å². The second-order valence-electron chi connectivity index (χ2n) is 26.7. The lowest BCUT2D eigenvalue weighted by Gasteiger charge is -2.31. The number of hydrogen-bond acceptors (Lipinski definition) is 17. The molecular weight excluding hydrogens is 1210 g/mol. The summed E-state index contributed by atoms with van der Waals surface area (Å²) in [7, 11) is 0. The van der Waals surface area contributed by atoms with E-state index in [0.29, 0.717) is 60.6 Å². The molecule has 3 aliphatic rings. The third-order valence-corrected chi connectivity index (χ3v) is 22.3. The van der Waals surface area contributed by atoms with Gasteiger partial charge in [-0.05, 0) is 65.2 Å². The van der Waals surface area contributed by atoms with Gasteiger partial charge >= 0.3 is 23.9 Å². The molecule has 6 rings (SSSR count). The minimum absolute atomic E-state index is 0.0231. The summed E-state index contributed by atoms with van der Waals surface area (Å²) in [6.45, 7) is 22.1. The number of hydrogen-bond donors (Lipinski definition) is 0. The third kappa shape index (κ3) is 22.7. The maximum Gasteiger partial charge on any atom is 0.308 e. The van der Waals surface area contributed by atoms with Gasteiger partial charge in [0.15, 0.2) is 34.5 Å². The van der Waals surface area contributed by atoms with Crippen molar-refractivity contribution in [2.45, 2.75) is 275 Å². The number of carbonyl (C=O) groups is 4. The minimum Gasteiger partial charge on any atom is -0.488 e. The van der Waals surface area contributed by atoms with Crippen LogP contribution in [-0.4, -0.2) is 89.9 Å². The van der Waals surface area contributed by atoms with Crippen molar-refractivity contribution in [1.82, 2.24) is 0 Å². The average Bonchev–Trinajstić information content (AvgIpc) is 1.61. The van der Waals surface area contributed by atoms with Crippen LogP contribution in [0.3, 0.4) is 0 Å². The topological polar surface area (TPSA) is 161 Å². The average molecular weight is 1330 g/mol. The molecule has 3 aromatic rings. The molecule has 0 bridgehead atoms. The Morgan fingerprint density at radius 1 is 0.330 bits per heavy atom. The van der Waals surface area contributed by atoms with Gasteiger partial charge in [-0.1, -0.05) is 209 Å². The van der Waals surface area contributed by atoms with Crippen LogP contribution in [0, 0.1) is 48.3 Å². The monoisotopic (exact) mass is 1330 g/mol. The zero-order valence-electron chi connectivity index (χ0n) is 57.9. The molecule has 4 atom stereocenters. The van der Waals surface area contributed by atoms with Crippen LogP contribution in [0.15, 0.2) is 0 Å². The zero-order valence-corrected chi connectivity index (χ0v) is 60.4. The van der Waals surface area contributed by atoms with Gasteiger partial charge in [-0.15, -0.1) is 34.0 Å². The van der Waals surface area contributed by atoms with Crippen molar-refractivity contribution < 1.29 is 66.5 Å². The fourth-order valence-corrected chi connectivity index (χ4v) is 16.1. The predicted octanol–water partition coefficient (Wildman–Crippen LogP) is 20.4. The molecule has 3 aliphatic heterocycles. The number of aryl methyl sites for hydroxylation is 2. The lowest BCUT2D eigenvalue weighted by molar-refractivity contribution is -0.164. The van der Waals surface area contributed by atoms with Gasteiger partial charge in [0.2, 0.25) is 0 Å². The van der Waals surface area contributed by atoms with E-state index in [1.807, 2.05) is 27.7 Å². The van der Waals surface area contributed by atoms with E-state index in [0.717, 1.165) is 171 Å². The SMILES string of the molecule is CCCCCCCCC(CCCCCC)C(=O)OCC1(COC(=O)C(CCCCCC)CCCCCCCC)COc2c(C)sc(-c3sc(-c4sc(C)c5c4OCC(COC(=O)C(CC)CCCC)(COC(=O)C(CC)CCCC)CO5)c4c3OCCO4)c2OC1. The van der Waals surface area contributed by atoms with Crippen LogP contribution < -0.4 is 28.4 Å². The number of unbranched alkanes of at least 4 members (excludes halogenated alkanes) is 18. The molecule has 0 radical (unpaired) electrons. The molecule has 0 N–H and O–H groups in total. The summed E-state index contributed by atoms with van der Waals surface area (Å²) >= 11 is 4.62. The van der Waals surface area contributed by atoms with Crippen molar-refractivity contribution in [3.63, 3.8) is 0 Å². The first-order chi connectivity index (χ1) is 44.2. The molecule has 0 aromatic carbocycles. The van der Waals surface area contributed by atoms with Gasteiger partial charge in [0.05, 0.1) is 43.2 Å². The molecule has 0 amide bonds. The predicted molar refractivity (Wildman–Crippen MR) is 369 cm³/mol. The Bertz CT molecular complexity index is 2540. The van der Waals surface area contributed by atoms with E-state index in [9.17, 15) is 19.2 Å². The minimum atomic E-state index is -1.01. The van der Waals surface area contributed by atoms with Crippen LogP contribution >= 0.6 is 34.0 Å². The molecule has 14 nitrogen and oxygen atoms in total. The van der Waals surface area contributed by atoms with Gasteiger partial charge in [-0.3, -0.25) is 19.2 Å². The molecule has 17 heteroatoms. The Labute approximate surface area is 560 Å². The lowest BCUT2D eigenvalue weighted by atomic mass is 9.91. The van der Waals surface area contributed by atoms with E-state index in [-0.39, 0.29) is 100 Å². The smallest absolute Gasteiger partial charge is 0.308 e. The highest BCUT2D eigenvalue weighted by molar-refractivity contribution is 7.27. The standard InChI is InChI=1S/C74H118O14S3/c1-11-19-25-29-31-35-41-57(39-33-27-21-13-3)71(77)87-51-74(52-88-72(78)58(40-34-28-22-14-4)42-36-32-30-26-20-12-2)46-82-60-54(10)90-66(62(60)84-48-74)68-64-63(79-43-44-80-64)67(91-68)65-61-59(53(9)89-65)81-45-73(47-83-61,49-85-69(75)55(17-7)37-23-15-5)50-86-70(76)56(18-8)38-24-16-6/h55-58H,11-52H2,1-10H3. The van der Waals surface area contributed by atoms with Gasteiger partial charge in [0.1, 0.15) is 76.9 Å². The highest BCUT2D eigenvalue weighted by Crippen LogP contribution is 2.63. The second-order valence-corrected chi connectivity index (χ2v) is 30.2. The fraction of sp³-hybridized carbons (Fsp3) is 0.784. The molecule has 0 spiro atoms. The van der Waals surface area contributed by atoms with Gasteiger partial charge < -0.3 is 47.4 Å². The van der Waals surface area contributed by atoms with Crippen LogP contribution in [0.2, 0.25) is 0 Å². The molecule has 516 valence electrons. The van der Waals surface area contributed by atoms with Crippen molar-refractivity contribution in [2.24, 2.45) is 34.5 Å². The molecule has 3 aromatic heterocycles. The number of carbonyl (C=O) groups excluding carboxylic acids is 4. The quantitative estimate of drug-likeness (QED) is 0.0298. The Morgan fingerprint density at radius 3 is 0.901 bits per heavy atom. The third-order valence-electron chi connectivity index (χ3n) is 18.7. The van der Waals surface area contributed by atoms with Crippen LogP contribution in [0.1, 0.15) is 271 Å². The highest BCUT2D eigenvalue weighted by atomic mass is 32.1. The molecule has 0 saturated heterocycles. The lowest BCUT2D eigenvalue weighted by Crippen LogP contribution is -2.44. The molecule has 0 fully saturated rings. The first-order valence-electron chi connectivity index (χ1n) is 36.1. The molecule has 4 unspecified atom stereocenters. The number of rotatable bonds is 46. The maximum absolute atomic E-state index is 14.5. The Kier molecular flexibility index (Phi) is 34.1. The number of fused-ring (bicyclic) bond motifs is 3. The maximum atomic E-state index is 14.5. The zero-order chi connectivity index (χ0) is 65.4. The van der Waals surface area contributed by atoms with Crippen molar-refractivity contribution >= 4 is 57.9 Å². The number of ether oxygens (including phenoxy) is 10. The summed E-state index contributed by atoms with van der Waals surface area (Å²) in [5.41, 5.74) is -2.01. The summed E-state index contributed by atoms with van der Waals surface area (Å²) < 4.78 is 66.1. The van der Waals surface area contributed by atoms with Crippen molar-refractivity contribution in [1.29, 1.82) is 0 Å². The van der Waals surface area contributed by atoms with E-state index in [4.69, 9.17) is 47.4 Å². The van der Waals surface area contributed by atoms with Crippen molar-refractivity contribution in [3.05, 3.63) is 9.75 Å². The van der Waals surface area contributed by atoms with E-state index in [1.54, 1.807) is 22.7 Å². The summed E-state index contributed by atoms with van der Waals surface area (Å²) in [5, 5.41) is 0. The van der Waals surface area contributed by atoms with Gasteiger partial charge in [0.25, 0.3) is 0 Å². The van der Waals surface area contributed by atoms with Crippen LogP contribution in [0.5, 0.6) is 34.5 Å². The van der Waals surface area contributed by atoms with E-state index < -0.39 is 10.8 Å². The van der Waals surface area contributed by atoms with Gasteiger partial charge in [-0.25, -0.2) is 0 Å².